The molecule has 2 N–H and O–H groups in total. The van der Waals surface area contributed by atoms with Crippen molar-refractivity contribution in [2.24, 2.45) is 0 Å². The summed E-state index contributed by atoms with van der Waals surface area (Å²) in [5.41, 5.74) is 5.66. The highest BCUT2D eigenvalue weighted by Crippen LogP contribution is 2.28. The quantitative estimate of drug-likeness (QED) is 0.491. The maximum Gasteiger partial charge on any atom is 0.340 e. The average molecular weight is 372 g/mol. The van der Waals surface area contributed by atoms with E-state index in [2.05, 4.69) is 0 Å². The number of methoxy groups -OCH3 is 1. The van der Waals surface area contributed by atoms with Crippen molar-refractivity contribution in [2.45, 2.75) is 0 Å². The van der Waals surface area contributed by atoms with Gasteiger partial charge in [0.15, 0.2) is 24.0 Å². The summed E-state index contributed by atoms with van der Waals surface area (Å²) in [5.74, 6) is -2.14. The molecule has 0 radical (unpaired) electrons. The van der Waals surface area contributed by atoms with Gasteiger partial charge in [0.05, 0.1) is 23.4 Å². The van der Waals surface area contributed by atoms with Crippen LogP contribution in [-0.4, -0.2) is 25.5 Å². The Morgan fingerprint density at radius 1 is 1.21 bits per heavy atom. The summed E-state index contributed by atoms with van der Waals surface area (Å²) in [6, 6.07) is 6.32. The van der Waals surface area contributed by atoms with Crippen molar-refractivity contribution in [3.05, 3.63) is 57.3 Å². The van der Waals surface area contributed by atoms with Gasteiger partial charge in [-0.15, -0.1) is 0 Å². The normalized spacial score (nSPS) is 10.3. The van der Waals surface area contributed by atoms with Crippen LogP contribution in [0.1, 0.15) is 20.7 Å². The van der Waals surface area contributed by atoms with Crippen molar-refractivity contribution >= 4 is 40.6 Å². The van der Waals surface area contributed by atoms with Gasteiger partial charge in [0, 0.05) is 10.6 Å². The van der Waals surface area contributed by atoms with Crippen molar-refractivity contribution in [3.8, 4) is 5.75 Å². The molecular weight excluding hydrogens is 360 g/mol. The fourth-order valence-electron chi connectivity index (χ4n) is 1.89. The summed E-state index contributed by atoms with van der Waals surface area (Å²) < 4.78 is 23.2. The predicted molar refractivity (Wildman–Crippen MR) is 88.4 cm³/mol. The lowest BCUT2D eigenvalue weighted by Crippen LogP contribution is -2.15. The average Bonchev–Trinajstić information content (AvgIpc) is 2.55. The monoisotopic (exact) mass is 371 g/mol. The third-order valence-electron chi connectivity index (χ3n) is 3.12. The van der Waals surface area contributed by atoms with Crippen LogP contribution in [0.25, 0.3) is 0 Å². The van der Waals surface area contributed by atoms with E-state index >= 15 is 0 Å². The van der Waals surface area contributed by atoms with Crippen LogP contribution in [0.15, 0.2) is 30.3 Å². The largest absolute Gasteiger partial charge is 0.494 e. The minimum atomic E-state index is -0.862. The fourth-order valence-corrected chi connectivity index (χ4v) is 2.38. The maximum atomic E-state index is 13.6. The van der Waals surface area contributed by atoms with Crippen LogP contribution in [0.3, 0.4) is 0 Å². The number of hydrogen-bond donors (Lipinski definition) is 1. The maximum absolute atomic E-state index is 13.6. The van der Waals surface area contributed by atoms with E-state index in [9.17, 15) is 14.0 Å². The summed E-state index contributed by atoms with van der Waals surface area (Å²) >= 11 is 11.6. The summed E-state index contributed by atoms with van der Waals surface area (Å²) in [7, 11) is 1.31. The van der Waals surface area contributed by atoms with Crippen molar-refractivity contribution in [3.63, 3.8) is 0 Å². The molecule has 0 aromatic heterocycles. The van der Waals surface area contributed by atoms with Crippen molar-refractivity contribution in [1.82, 2.24) is 0 Å². The number of anilines is 1. The fraction of sp³-hybridized carbons (Fsp3) is 0.125. The lowest BCUT2D eigenvalue weighted by molar-refractivity contribution is 0.0475. The van der Waals surface area contributed by atoms with Gasteiger partial charge < -0.3 is 15.2 Å². The molecule has 24 heavy (non-hydrogen) atoms. The Kier molecular flexibility index (Phi) is 5.64. The number of nitrogens with two attached hydrogens (primary N) is 1. The second kappa shape index (κ2) is 7.51. The van der Waals surface area contributed by atoms with E-state index in [1.165, 1.54) is 31.4 Å². The highest BCUT2D eigenvalue weighted by atomic mass is 35.5. The first kappa shape index (κ1) is 18.0. The second-order valence-corrected chi connectivity index (χ2v) is 5.54. The number of esters is 1. The first-order chi connectivity index (χ1) is 11.3. The van der Waals surface area contributed by atoms with E-state index in [1.807, 2.05) is 0 Å². The summed E-state index contributed by atoms with van der Waals surface area (Å²) in [4.78, 5) is 24.0. The molecule has 0 heterocycles. The Morgan fingerprint density at radius 2 is 1.92 bits per heavy atom. The first-order valence-corrected chi connectivity index (χ1v) is 7.37. The number of rotatable bonds is 5. The lowest BCUT2D eigenvalue weighted by Gasteiger charge is -2.09. The minimum Gasteiger partial charge on any atom is -0.494 e. The van der Waals surface area contributed by atoms with Gasteiger partial charge in [0.2, 0.25) is 0 Å². The number of ketones is 1. The van der Waals surface area contributed by atoms with Gasteiger partial charge >= 0.3 is 5.97 Å². The number of nitrogen functional groups attached to an aromatic ring is 1. The Hall–Kier alpha value is -2.31. The molecule has 2 aromatic rings. The highest BCUT2D eigenvalue weighted by Gasteiger charge is 2.18. The molecule has 0 bridgehead atoms. The molecule has 8 heteroatoms. The van der Waals surface area contributed by atoms with Gasteiger partial charge in [-0.3, -0.25) is 4.79 Å². The van der Waals surface area contributed by atoms with E-state index in [0.717, 1.165) is 6.07 Å². The van der Waals surface area contributed by atoms with E-state index in [4.69, 9.17) is 38.4 Å². The zero-order valence-corrected chi connectivity index (χ0v) is 13.9. The first-order valence-electron chi connectivity index (χ1n) is 6.62. The third-order valence-corrected chi connectivity index (χ3v) is 3.65. The Bertz CT molecular complexity index is 811. The molecule has 126 valence electrons. The number of ether oxygens (including phenoxy) is 2. The second-order valence-electron chi connectivity index (χ2n) is 4.70. The van der Waals surface area contributed by atoms with Crippen molar-refractivity contribution in [1.29, 1.82) is 0 Å². The number of Topliss-reactive ketones (excluding diaryl/α,β-unsaturated/α-hetero) is 1. The molecular formula is C16H12Cl2FNO4. The molecule has 0 atom stereocenters. The standard InChI is InChI=1S/C16H12Cl2FNO4/c1-23-14-3-2-8(4-12(14)19)13(21)7-24-16(22)10-5-9(17)6-11(18)15(10)20/h2-6H,7,20H2,1H3. The third kappa shape index (κ3) is 3.96. The lowest BCUT2D eigenvalue weighted by atomic mass is 10.1. The van der Waals surface area contributed by atoms with Crippen LogP contribution in [0.4, 0.5) is 10.1 Å². The number of carbonyl (C=O) groups is 2. The van der Waals surface area contributed by atoms with Crippen molar-refractivity contribution < 1.29 is 23.5 Å². The topological polar surface area (TPSA) is 78.6 Å². The van der Waals surface area contributed by atoms with Crippen LogP contribution < -0.4 is 10.5 Å². The van der Waals surface area contributed by atoms with E-state index in [0.29, 0.717) is 0 Å². The molecule has 0 saturated carbocycles. The minimum absolute atomic E-state index is 0.00453. The van der Waals surface area contributed by atoms with Gasteiger partial charge in [-0.2, -0.15) is 0 Å². The molecule has 0 aliphatic rings. The Morgan fingerprint density at radius 3 is 2.54 bits per heavy atom. The van der Waals surface area contributed by atoms with Crippen LogP contribution in [0, 0.1) is 5.82 Å². The molecule has 0 aliphatic carbocycles. The molecule has 2 rings (SSSR count). The molecule has 0 saturated heterocycles. The number of hydrogen-bond acceptors (Lipinski definition) is 5. The van der Waals surface area contributed by atoms with Crippen molar-refractivity contribution in [2.75, 3.05) is 19.5 Å². The van der Waals surface area contributed by atoms with E-state index in [-0.39, 0.29) is 32.6 Å². The highest BCUT2D eigenvalue weighted by molar-refractivity contribution is 6.37. The van der Waals surface area contributed by atoms with Gasteiger partial charge in [0.25, 0.3) is 0 Å². The summed E-state index contributed by atoms with van der Waals surface area (Å²) in [5, 5.41) is 0.294. The smallest absolute Gasteiger partial charge is 0.340 e. The number of benzene rings is 2. The zero-order chi connectivity index (χ0) is 17.9. The molecule has 0 aliphatic heterocycles. The van der Waals surface area contributed by atoms with E-state index < -0.39 is 24.2 Å². The molecule has 0 unspecified atom stereocenters. The van der Waals surface area contributed by atoms with Crippen LogP contribution in [0.5, 0.6) is 5.75 Å². The predicted octanol–water partition coefficient (Wildman–Crippen LogP) is 3.76. The van der Waals surface area contributed by atoms with E-state index in [1.54, 1.807) is 0 Å². The zero-order valence-electron chi connectivity index (χ0n) is 12.4. The molecule has 5 nitrogen and oxygen atoms in total. The Labute approximate surface area is 147 Å². The molecule has 0 amide bonds. The SMILES string of the molecule is COc1ccc(C(=O)COC(=O)c2cc(Cl)cc(Cl)c2N)cc1F. The van der Waals surface area contributed by atoms with Gasteiger partial charge in [-0.05, 0) is 30.3 Å². The van der Waals surface area contributed by atoms with Crippen LogP contribution >= 0.6 is 23.2 Å². The summed E-state index contributed by atoms with van der Waals surface area (Å²) in [6.45, 7) is -0.589. The molecule has 2 aromatic carbocycles. The van der Waals surface area contributed by atoms with Crippen LogP contribution in [-0.2, 0) is 4.74 Å². The molecule has 0 spiro atoms. The van der Waals surface area contributed by atoms with Crippen LogP contribution in [0.2, 0.25) is 10.0 Å². The van der Waals surface area contributed by atoms with Gasteiger partial charge in [-0.1, -0.05) is 23.2 Å². The number of carbonyl (C=O) groups excluding carboxylic acids is 2. The Balaban J connectivity index is 2.09. The molecule has 0 fully saturated rings. The number of halogens is 3. The summed E-state index contributed by atoms with van der Waals surface area (Å²) in [6.07, 6.45) is 0. The van der Waals surface area contributed by atoms with Gasteiger partial charge in [0.1, 0.15) is 0 Å². The van der Waals surface area contributed by atoms with Gasteiger partial charge in [-0.25, -0.2) is 9.18 Å².